The van der Waals surface area contributed by atoms with Gasteiger partial charge in [0.2, 0.25) is 0 Å². The van der Waals surface area contributed by atoms with E-state index >= 15 is 0 Å². The van der Waals surface area contributed by atoms with Crippen molar-refractivity contribution in [1.82, 2.24) is 0 Å². The third-order valence-electron chi connectivity index (χ3n) is 3.77. The maximum Gasteiger partial charge on any atom is 0.262 e. The Morgan fingerprint density at radius 1 is 0.963 bits per heavy atom. The summed E-state index contributed by atoms with van der Waals surface area (Å²) in [6.07, 6.45) is 0. The number of amides is 1. The number of carbonyl (C=O) groups excluding carboxylic acids is 1. The number of ether oxygens (including phenoxy) is 1. The first kappa shape index (κ1) is 18.8. The molecule has 0 aliphatic heterocycles. The number of nitrogens with one attached hydrogen (secondary N) is 1. The molecular formula is C21H14Cl2N2O2. The molecule has 1 amide bonds. The van der Waals surface area contributed by atoms with Crippen LogP contribution in [0.3, 0.4) is 0 Å². The van der Waals surface area contributed by atoms with E-state index in [1.165, 1.54) is 12.1 Å². The lowest BCUT2D eigenvalue weighted by molar-refractivity contribution is -0.118. The second-order valence-electron chi connectivity index (χ2n) is 5.65. The van der Waals surface area contributed by atoms with Crippen LogP contribution in [0.4, 0.5) is 5.69 Å². The molecule has 3 aromatic carbocycles. The Balaban J connectivity index is 1.62. The summed E-state index contributed by atoms with van der Waals surface area (Å²) < 4.78 is 5.51. The van der Waals surface area contributed by atoms with Gasteiger partial charge in [-0.3, -0.25) is 4.79 Å². The van der Waals surface area contributed by atoms with E-state index < -0.39 is 0 Å². The Kier molecular flexibility index (Phi) is 5.97. The predicted molar refractivity (Wildman–Crippen MR) is 107 cm³/mol. The predicted octanol–water partition coefficient (Wildman–Crippen LogP) is 5.55. The molecule has 0 atom stereocenters. The van der Waals surface area contributed by atoms with Gasteiger partial charge in [0.25, 0.3) is 5.91 Å². The highest BCUT2D eigenvalue weighted by Crippen LogP contribution is 2.30. The molecule has 0 spiro atoms. The van der Waals surface area contributed by atoms with Gasteiger partial charge in [-0.1, -0.05) is 59.6 Å². The molecule has 0 bridgehead atoms. The maximum atomic E-state index is 12.1. The number of nitrogens with zero attached hydrogens (tertiary/aromatic N) is 1. The summed E-state index contributed by atoms with van der Waals surface area (Å²) in [5.41, 5.74) is 2.83. The quantitative estimate of drug-likeness (QED) is 0.614. The Labute approximate surface area is 166 Å². The molecule has 0 unspecified atom stereocenters. The Bertz CT molecular complexity index is 1010. The van der Waals surface area contributed by atoms with Gasteiger partial charge < -0.3 is 10.1 Å². The van der Waals surface area contributed by atoms with Crippen molar-refractivity contribution < 1.29 is 9.53 Å². The minimum absolute atomic E-state index is 0.206. The van der Waals surface area contributed by atoms with Gasteiger partial charge in [-0.2, -0.15) is 5.26 Å². The molecule has 0 fully saturated rings. The number of hydrogen-bond donors (Lipinski definition) is 1. The summed E-state index contributed by atoms with van der Waals surface area (Å²) in [4.78, 5) is 12.1. The molecule has 0 saturated carbocycles. The molecule has 6 heteroatoms. The average molecular weight is 397 g/mol. The van der Waals surface area contributed by atoms with Crippen LogP contribution < -0.4 is 10.1 Å². The van der Waals surface area contributed by atoms with Crippen LogP contribution in [0.5, 0.6) is 5.75 Å². The van der Waals surface area contributed by atoms with Crippen molar-refractivity contribution >= 4 is 34.8 Å². The molecule has 0 saturated heterocycles. The van der Waals surface area contributed by atoms with E-state index in [2.05, 4.69) is 5.32 Å². The van der Waals surface area contributed by atoms with E-state index in [1.54, 1.807) is 18.2 Å². The summed E-state index contributed by atoms with van der Waals surface area (Å²) >= 11 is 12.2. The zero-order valence-corrected chi connectivity index (χ0v) is 15.6. The van der Waals surface area contributed by atoms with Crippen LogP contribution in [0.25, 0.3) is 11.1 Å². The van der Waals surface area contributed by atoms with Gasteiger partial charge in [-0.05, 0) is 41.5 Å². The van der Waals surface area contributed by atoms with Crippen LogP contribution in [-0.4, -0.2) is 12.5 Å². The summed E-state index contributed by atoms with van der Waals surface area (Å²) in [7, 11) is 0. The topological polar surface area (TPSA) is 62.1 Å². The van der Waals surface area contributed by atoms with E-state index in [-0.39, 0.29) is 17.5 Å². The molecular weight excluding hydrogens is 383 g/mol. The van der Waals surface area contributed by atoms with Crippen molar-refractivity contribution in [2.24, 2.45) is 0 Å². The van der Waals surface area contributed by atoms with Crippen molar-refractivity contribution in [3.8, 4) is 22.9 Å². The fraction of sp³-hybridized carbons (Fsp3) is 0.0476. The Hall–Kier alpha value is -3.00. The second kappa shape index (κ2) is 8.59. The van der Waals surface area contributed by atoms with E-state index in [4.69, 9.17) is 33.2 Å². The summed E-state index contributed by atoms with van der Waals surface area (Å²) in [6, 6.07) is 21.9. The number of anilines is 1. The van der Waals surface area contributed by atoms with Crippen molar-refractivity contribution in [2.45, 2.75) is 0 Å². The molecule has 134 valence electrons. The molecule has 0 heterocycles. The standard InChI is InChI=1S/C21H14Cl2N2O2/c22-18-11-17(8-6-16(18)12-24)25-21(26)13-27-20-9-7-15(10-19(20)23)14-4-2-1-3-5-14/h1-11H,13H2,(H,25,26). The smallest absolute Gasteiger partial charge is 0.262 e. The monoisotopic (exact) mass is 396 g/mol. The first-order chi connectivity index (χ1) is 13.1. The number of carbonyl (C=O) groups is 1. The number of nitriles is 1. The van der Waals surface area contributed by atoms with Gasteiger partial charge in [0.1, 0.15) is 11.8 Å². The van der Waals surface area contributed by atoms with Gasteiger partial charge in [0.15, 0.2) is 6.61 Å². The normalized spacial score (nSPS) is 10.1. The molecule has 0 aliphatic carbocycles. The average Bonchev–Trinajstić information content (AvgIpc) is 2.68. The minimum atomic E-state index is -0.362. The van der Waals surface area contributed by atoms with Crippen LogP contribution in [-0.2, 0) is 4.79 Å². The van der Waals surface area contributed by atoms with E-state index in [0.717, 1.165) is 11.1 Å². The van der Waals surface area contributed by atoms with Crippen LogP contribution in [0.1, 0.15) is 5.56 Å². The van der Waals surface area contributed by atoms with Crippen LogP contribution in [0.15, 0.2) is 66.7 Å². The lowest BCUT2D eigenvalue weighted by Crippen LogP contribution is -2.20. The maximum absolute atomic E-state index is 12.1. The molecule has 4 nitrogen and oxygen atoms in total. The number of hydrogen-bond acceptors (Lipinski definition) is 3. The Morgan fingerprint density at radius 3 is 2.41 bits per heavy atom. The van der Waals surface area contributed by atoms with Crippen LogP contribution >= 0.6 is 23.2 Å². The molecule has 1 N–H and O–H groups in total. The lowest BCUT2D eigenvalue weighted by Gasteiger charge is -2.10. The van der Waals surface area contributed by atoms with Crippen molar-refractivity contribution in [3.63, 3.8) is 0 Å². The van der Waals surface area contributed by atoms with Gasteiger partial charge >= 0.3 is 0 Å². The van der Waals surface area contributed by atoms with E-state index in [1.807, 2.05) is 42.5 Å². The second-order valence-corrected chi connectivity index (χ2v) is 6.47. The van der Waals surface area contributed by atoms with Gasteiger partial charge in [-0.15, -0.1) is 0 Å². The molecule has 0 aromatic heterocycles. The third-order valence-corrected chi connectivity index (χ3v) is 4.38. The van der Waals surface area contributed by atoms with Gasteiger partial charge in [0, 0.05) is 5.69 Å². The number of halogens is 2. The molecule has 0 radical (unpaired) electrons. The van der Waals surface area contributed by atoms with Crippen molar-refractivity contribution in [3.05, 3.63) is 82.3 Å². The highest BCUT2D eigenvalue weighted by molar-refractivity contribution is 6.32. The zero-order chi connectivity index (χ0) is 19.2. The lowest BCUT2D eigenvalue weighted by atomic mass is 10.1. The highest BCUT2D eigenvalue weighted by Gasteiger charge is 2.09. The molecule has 0 aliphatic rings. The summed E-state index contributed by atoms with van der Waals surface area (Å²) in [5.74, 6) is 0.0586. The first-order valence-corrected chi connectivity index (χ1v) is 8.79. The fourth-order valence-corrected chi connectivity index (χ4v) is 2.91. The highest BCUT2D eigenvalue weighted by atomic mass is 35.5. The molecule has 3 rings (SSSR count). The number of benzene rings is 3. The van der Waals surface area contributed by atoms with Gasteiger partial charge in [0.05, 0.1) is 15.6 Å². The number of rotatable bonds is 5. The zero-order valence-electron chi connectivity index (χ0n) is 14.1. The molecule has 3 aromatic rings. The van der Waals surface area contributed by atoms with Crippen molar-refractivity contribution in [1.29, 1.82) is 5.26 Å². The Morgan fingerprint density at radius 2 is 1.74 bits per heavy atom. The summed E-state index contributed by atoms with van der Waals surface area (Å²) in [5, 5.41) is 12.2. The van der Waals surface area contributed by atoms with E-state index in [0.29, 0.717) is 22.0 Å². The SMILES string of the molecule is N#Cc1ccc(NC(=O)COc2ccc(-c3ccccc3)cc2Cl)cc1Cl. The van der Waals surface area contributed by atoms with Crippen LogP contribution in [0.2, 0.25) is 10.0 Å². The third kappa shape index (κ3) is 4.79. The largest absolute Gasteiger partial charge is 0.482 e. The fourth-order valence-electron chi connectivity index (χ4n) is 2.45. The first-order valence-electron chi connectivity index (χ1n) is 8.04. The minimum Gasteiger partial charge on any atom is -0.482 e. The molecule has 27 heavy (non-hydrogen) atoms. The van der Waals surface area contributed by atoms with Crippen molar-refractivity contribution in [2.75, 3.05) is 11.9 Å². The van der Waals surface area contributed by atoms with Gasteiger partial charge in [-0.25, -0.2) is 0 Å². The van der Waals surface area contributed by atoms with E-state index in [9.17, 15) is 4.79 Å². The summed E-state index contributed by atoms with van der Waals surface area (Å²) in [6.45, 7) is -0.206. The van der Waals surface area contributed by atoms with Crippen LogP contribution in [0, 0.1) is 11.3 Å².